The Morgan fingerprint density at radius 3 is 2.84 bits per heavy atom. The standard InChI is InChI=1S/C16H18N2O/c1-3-4-9-18-15-10-12(19)5-6-13(15)14-7-8-17-11(2)16(14)18/h5-8,10,17H,3-4,9H2,1-2H3. The number of pyridine rings is 1. The molecule has 0 amide bonds. The molecule has 1 aromatic carbocycles. The Morgan fingerprint density at radius 1 is 1.21 bits per heavy atom. The van der Waals surface area contributed by atoms with Crippen LogP contribution >= 0.6 is 0 Å². The van der Waals surface area contributed by atoms with Gasteiger partial charge < -0.3 is 9.55 Å². The van der Waals surface area contributed by atoms with E-state index >= 15 is 0 Å². The topological polar surface area (TPSA) is 37.8 Å². The molecule has 3 heteroatoms. The van der Waals surface area contributed by atoms with Crippen molar-refractivity contribution in [2.24, 2.45) is 0 Å². The first-order chi connectivity index (χ1) is 9.22. The lowest BCUT2D eigenvalue weighted by Crippen LogP contribution is -2.02. The van der Waals surface area contributed by atoms with Gasteiger partial charge in [-0.3, -0.25) is 4.79 Å². The fourth-order valence-corrected chi connectivity index (χ4v) is 2.80. The zero-order valence-corrected chi connectivity index (χ0v) is 11.4. The lowest BCUT2D eigenvalue weighted by molar-refractivity contribution is 0.663. The normalized spacial score (nSPS) is 11.5. The number of fused-ring (bicyclic) bond motifs is 3. The number of aromatic amines is 1. The van der Waals surface area contributed by atoms with Crippen molar-refractivity contribution < 1.29 is 0 Å². The molecule has 2 heterocycles. The van der Waals surface area contributed by atoms with Crippen LogP contribution in [0.1, 0.15) is 25.5 Å². The molecule has 0 bridgehead atoms. The molecule has 3 nitrogen and oxygen atoms in total. The van der Waals surface area contributed by atoms with Gasteiger partial charge in [0.25, 0.3) is 0 Å². The molecule has 0 fully saturated rings. The number of H-pyrrole nitrogens is 1. The predicted octanol–water partition coefficient (Wildman–Crippen LogP) is 3.59. The monoisotopic (exact) mass is 254 g/mol. The van der Waals surface area contributed by atoms with Gasteiger partial charge in [0.05, 0.1) is 11.0 Å². The van der Waals surface area contributed by atoms with Crippen LogP contribution in [0.4, 0.5) is 0 Å². The van der Waals surface area contributed by atoms with Crippen molar-refractivity contribution in [3.63, 3.8) is 0 Å². The van der Waals surface area contributed by atoms with Gasteiger partial charge >= 0.3 is 0 Å². The summed E-state index contributed by atoms with van der Waals surface area (Å²) >= 11 is 0. The van der Waals surface area contributed by atoms with Crippen molar-refractivity contribution in [1.82, 2.24) is 9.55 Å². The Hall–Kier alpha value is -2.03. The molecule has 0 aliphatic rings. The summed E-state index contributed by atoms with van der Waals surface area (Å²) < 4.78 is 2.28. The van der Waals surface area contributed by atoms with Crippen LogP contribution in [-0.2, 0) is 6.54 Å². The van der Waals surface area contributed by atoms with Crippen LogP contribution in [0.3, 0.4) is 0 Å². The minimum atomic E-state index is 0.0784. The van der Waals surface area contributed by atoms with Gasteiger partial charge in [-0.1, -0.05) is 13.3 Å². The number of aryl methyl sites for hydroxylation is 2. The largest absolute Gasteiger partial charge is 0.364 e. The maximum Gasteiger partial charge on any atom is 0.180 e. The molecule has 0 aliphatic heterocycles. The van der Waals surface area contributed by atoms with Crippen molar-refractivity contribution in [3.8, 4) is 0 Å². The van der Waals surface area contributed by atoms with Crippen LogP contribution in [0.5, 0.6) is 0 Å². The van der Waals surface area contributed by atoms with E-state index in [4.69, 9.17) is 0 Å². The van der Waals surface area contributed by atoms with Gasteiger partial charge in [-0.15, -0.1) is 0 Å². The van der Waals surface area contributed by atoms with Crippen LogP contribution in [0.25, 0.3) is 21.8 Å². The van der Waals surface area contributed by atoms with E-state index < -0.39 is 0 Å². The number of nitrogens with one attached hydrogen (secondary N) is 1. The fraction of sp³-hybridized carbons (Fsp3) is 0.312. The summed E-state index contributed by atoms with van der Waals surface area (Å²) in [6, 6.07) is 7.45. The van der Waals surface area contributed by atoms with Crippen LogP contribution < -0.4 is 5.43 Å². The molecule has 19 heavy (non-hydrogen) atoms. The highest BCUT2D eigenvalue weighted by atomic mass is 16.1. The number of rotatable bonds is 3. The number of nitrogens with zero attached hydrogens (tertiary/aromatic N) is 1. The summed E-state index contributed by atoms with van der Waals surface area (Å²) in [6.45, 7) is 5.23. The second kappa shape index (κ2) is 4.57. The smallest absolute Gasteiger partial charge is 0.180 e. The van der Waals surface area contributed by atoms with Crippen LogP contribution in [0.2, 0.25) is 0 Å². The SMILES string of the molecule is CCCCn1c2cc(=O)ccc2c2cc[nH]c(C)c21. The van der Waals surface area contributed by atoms with Crippen molar-refractivity contribution in [3.05, 3.63) is 46.4 Å². The summed E-state index contributed by atoms with van der Waals surface area (Å²) in [6.07, 6.45) is 4.23. The summed E-state index contributed by atoms with van der Waals surface area (Å²) in [5.41, 5.74) is 3.50. The zero-order chi connectivity index (χ0) is 13.4. The first-order valence-electron chi connectivity index (χ1n) is 6.82. The van der Waals surface area contributed by atoms with Crippen molar-refractivity contribution in [2.45, 2.75) is 33.2 Å². The highest BCUT2D eigenvalue weighted by molar-refractivity contribution is 6.08. The first kappa shape index (κ1) is 12.0. The molecule has 0 saturated carbocycles. The minimum absolute atomic E-state index is 0.0784. The third-order valence-electron chi connectivity index (χ3n) is 3.72. The van der Waals surface area contributed by atoms with Crippen LogP contribution in [0, 0.1) is 6.92 Å². The Labute approximate surface area is 111 Å². The minimum Gasteiger partial charge on any atom is -0.364 e. The number of hydrogen-bond donors (Lipinski definition) is 1. The number of hydrogen-bond acceptors (Lipinski definition) is 1. The van der Waals surface area contributed by atoms with Crippen LogP contribution in [-0.4, -0.2) is 9.55 Å². The third kappa shape index (κ3) is 1.86. The molecule has 1 N–H and O–H groups in total. The van der Waals surface area contributed by atoms with Crippen molar-refractivity contribution in [1.29, 1.82) is 0 Å². The molecular weight excluding hydrogens is 236 g/mol. The molecule has 0 saturated heterocycles. The van der Waals surface area contributed by atoms with Gasteiger partial charge in [-0.2, -0.15) is 0 Å². The van der Waals surface area contributed by atoms with Gasteiger partial charge in [0.1, 0.15) is 0 Å². The van der Waals surface area contributed by atoms with E-state index in [9.17, 15) is 4.79 Å². The Kier molecular flexibility index (Phi) is 2.90. The van der Waals surface area contributed by atoms with E-state index in [1.54, 1.807) is 12.1 Å². The summed E-state index contributed by atoms with van der Waals surface area (Å²) in [4.78, 5) is 14.9. The van der Waals surface area contributed by atoms with E-state index in [0.717, 1.165) is 30.6 Å². The average Bonchev–Trinajstić information content (AvgIpc) is 2.71. The zero-order valence-electron chi connectivity index (χ0n) is 11.4. The maximum atomic E-state index is 11.7. The maximum absolute atomic E-state index is 11.7. The Morgan fingerprint density at radius 2 is 2.05 bits per heavy atom. The predicted molar refractivity (Wildman–Crippen MR) is 79.7 cm³/mol. The number of unbranched alkanes of at least 4 members (excludes halogenated alkanes) is 1. The van der Waals surface area contributed by atoms with E-state index in [1.165, 1.54) is 16.3 Å². The Balaban J connectivity index is 2.44. The second-order valence-electron chi connectivity index (χ2n) is 5.05. The molecule has 0 aliphatic carbocycles. The van der Waals surface area contributed by atoms with Crippen molar-refractivity contribution >= 4 is 21.8 Å². The summed E-state index contributed by atoms with van der Waals surface area (Å²) in [5.74, 6) is 0. The van der Waals surface area contributed by atoms with Gasteiger partial charge in [-0.25, -0.2) is 0 Å². The second-order valence-corrected chi connectivity index (χ2v) is 5.05. The van der Waals surface area contributed by atoms with Gasteiger partial charge in [0, 0.05) is 35.3 Å². The lowest BCUT2D eigenvalue weighted by Gasteiger charge is -2.07. The number of benzene rings is 1. The molecule has 0 unspecified atom stereocenters. The summed E-state index contributed by atoms with van der Waals surface area (Å²) in [5, 5.41) is 2.39. The van der Waals surface area contributed by atoms with Gasteiger partial charge in [0.2, 0.25) is 0 Å². The lowest BCUT2D eigenvalue weighted by atomic mass is 10.2. The van der Waals surface area contributed by atoms with Crippen molar-refractivity contribution in [2.75, 3.05) is 0 Å². The van der Waals surface area contributed by atoms with Crippen LogP contribution in [0.15, 0.2) is 35.3 Å². The van der Waals surface area contributed by atoms with Gasteiger partial charge in [-0.05, 0) is 31.5 Å². The highest BCUT2D eigenvalue weighted by Crippen LogP contribution is 2.29. The first-order valence-corrected chi connectivity index (χ1v) is 6.82. The molecule has 98 valence electrons. The molecule has 0 spiro atoms. The van der Waals surface area contributed by atoms with Gasteiger partial charge in [0.15, 0.2) is 5.43 Å². The number of aromatic nitrogens is 2. The molecule has 0 radical (unpaired) electrons. The van der Waals surface area contributed by atoms with E-state index in [1.807, 2.05) is 12.3 Å². The Bertz CT molecular complexity index is 795. The van der Waals surface area contributed by atoms with E-state index in [-0.39, 0.29) is 5.43 Å². The quantitative estimate of drug-likeness (QED) is 0.762. The molecule has 3 rings (SSSR count). The summed E-state index contributed by atoms with van der Waals surface area (Å²) in [7, 11) is 0. The third-order valence-corrected chi connectivity index (χ3v) is 3.72. The molecule has 3 aromatic rings. The highest BCUT2D eigenvalue weighted by Gasteiger charge is 2.12. The molecular formula is C16H18N2O. The van der Waals surface area contributed by atoms with E-state index in [0.29, 0.717) is 0 Å². The van der Waals surface area contributed by atoms with E-state index in [2.05, 4.69) is 29.5 Å². The average molecular weight is 254 g/mol. The molecule has 2 aromatic heterocycles. The molecule has 0 atom stereocenters. The fourth-order valence-electron chi connectivity index (χ4n) is 2.80.